The first-order valence-electron chi connectivity index (χ1n) is 10.2. The Morgan fingerprint density at radius 1 is 1.03 bits per heavy atom. The quantitative estimate of drug-likeness (QED) is 0.489. The summed E-state index contributed by atoms with van der Waals surface area (Å²) in [6.07, 6.45) is 3.53. The molecule has 1 fully saturated rings. The van der Waals surface area contributed by atoms with Crippen molar-refractivity contribution in [1.82, 2.24) is 24.8 Å². The van der Waals surface area contributed by atoms with E-state index in [1.165, 1.54) is 0 Å². The van der Waals surface area contributed by atoms with E-state index in [2.05, 4.69) is 25.4 Å². The number of nitrogens with one attached hydrogen (secondary N) is 1. The number of hydrogen-bond acceptors (Lipinski definition) is 8. The maximum atomic E-state index is 6.00. The van der Waals surface area contributed by atoms with E-state index in [9.17, 15) is 0 Å². The van der Waals surface area contributed by atoms with Crippen molar-refractivity contribution in [3.8, 4) is 11.3 Å². The van der Waals surface area contributed by atoms with Gasteiger partial charge in [0.25, 0.3) is 0 Å². The summed E-state index contributed by atoms with van der Waals surface area (Å²) in [4.78, 5) is 11.3. The van der Waals surface area contributed by atoms with Crippen LogP contribution in [-0.2, 0) is 4.74 Å². The Bertz CT molecular complexity index is 1250. The van der Waals surface area contributed by atoms with E-state index in [1.54, 1.807) is 17.0 Å². The standard InChI is InChI=1S/C22H24N8O/c1-14-15(2)18(4-3-17(14)23)26-22-24-8-7-19(27-22)16-13-25-30-20(16)5-6-21(28-30)29-9-11-31-12-10-29/h3-8,13H,9-12,23H2,1-2H3,(H,24,26,27). The molecular weight excluding hydrogens is 392 g/mol. The number of nitrogen functional groups attached to an aromatic ring is 1. The second-order valence-electron chi connectivity index (χ2n) is 7.57. The third kappa shape index (κ3) is 3.64. The van der Waals surface area contributed by atoms with Crippen molar-refractivity contribution in [2.24, 2.45) is 0 Å². The summed E-state index contributed by atoms with van der Waals surface area (Å²) in [5.74, 6) is 1.41. The van der Waals surface area contributed by atoms with E-state index in [1.807, 2.05) is 44.2 Å². The molecule has 1 aromatic carbocycles. The fourth-order valence-electron chi connectivity index (χ4n) is 3.69. The number of morpholine rings is 1. The van der Waals surface area contributed by atoms with Crippen molar-refractivity contribution < 1.29 is 4.74 Å². The average molecular weight is 416 g/mol. The van der Waals surface area contributed by atoms with Crippen LogP contribution in [0.5, 0.6) is 0 Å². The van der Waals surface area contributed by atoms with Gasteiger partial charge in [-0.25, -0.2) is 9.97 Å². The number of hydrogen-bond donors (Lipinski definition) is 2. The minimum absolute atomic E-state index is 0.516. The van der Waals surface area contributed by atoms with Gasteiger partial charge in [-0.3, -0.25) is 0 Å². The summed E-state index contributed by atoms with van der Waals surface area (Å²) in [5, 5.41) is 12.4. The third-order valence-corrected chi connectivity index (χ3v) is 5.72. The van der Waals surface area contributed by atoms with Gasteiger partial charge in [0.05, 0.1) is 30.6 Å². The van der Waals surface area contributed by atoms with Gasteiger partial charge >= 0.3 is 0 Å². The molecule has 0 unspecified atom stereocenters. The number of aromatic nitrogens is 5. The lowest BCUT2D eigenvalue weighted by molar-refractivity contribution is 0.122. The molecular formula is C22H24N8O. The van der Waals surface area contributed by atoms with Crippen LogP contribution in [0.25, 0.3) is 16.8 Å². The van der Waals surface area contributed by atoms with Crippen LogP contribution in [0.1, 0.15) is 11.1 Å². The molecule has 0 bridgehead atoms. The van der Waals surface area contributed by atoms with Crippen molar-refractivity contribution in [3.05, 3.63) is 53.9 Å². The molecule has 3 N–H and O–H groups in total. The molecule has 31 heavy (non-hydrogen) atoms. The molecule has 9 heteroatoms. The monoisotopic (exact) mass is 416 g/mol. The molecule has 0 radical (unpaired) electrons. The van der Waals surface area contributed by atoms with Gasteiger partial charge in [0.15, 0.2) is 5.82 Å². The van der Waals surface area contributed by atoms with Gasteiger partial charge in [0.1, 0.15) is 0 Å². The summed E-state index contributed by atoms with van der Waals surface area (Å²) < 4.78 is 7.08. The number of benzene rings is 1. The molecule has 3 aromatic heterocycles. The Balaban J connectivity index is 1.45. The van der Waals surface area contributed by atoms with Gasteiger partial charge in [-0.05, 0) is 55.3 Å². The summed E-state index contributed by atoms with van der Waals surface area (Å²) in [7, 11) is 0. The lowest BCUT2D eigenvalue weighted by Gasteiger charge is -2.27. The Morgan fingerprint density at radius 2 is 1.87 bits per heavy atom. The van der Waals surface area contributed by atoms with Crippen LogP contribution in [0, 0.1) is 13.8 Å². The Labute approximate surface area is 179 Å². The van der Waals surface area contributed by atoms with E-state index >= 15 is 0 Å². The zero-order valence-corrected chi connectivity index (χ0v) is 17.5. The second kappa shape index (κ2) is 7.84. The molecule has 4 heterocycles. The maximum Gasteiger partial charge on any atom is 0.227 e. The van der Waals surface area contributed by atoms with E-state index in [-0.39, 0.29) is 0 Å². The fourth-order valence-corrected chi connectivity index (χ4v) is 3.69. The van der Waals surface area contributed by atoms with Crippen LogP contribution in [-0.4, -0.2) is 51.1 Å². The van der Waals surface area contributed by atoms with Crippen LogP contribution in [0.2, 0.25) is 0 Å². The third-order valence-electron chi connectivity index (χ3n) is 5.72. The predicted octanol–water partition coefficient (Wildman–Crippen LogP) is 2.97. The average Bonchev–Trinajstić information content (AvgIpc) is 3.24. The molecule has 158 valence electrons. The number of ether oxygens (including phenoxy) is 1. The molecule has 1 saturated heterocycles. The van der Waals surface area contributed by atoms with E-state index in [0.29, 0.717) is 19.2 Å². The molecule has 9 nitrogen and oxygen atoms in total. The fraction of sp³-hybridized carbons (Fsp3) is 0.273. The topological polar surface area (TPSA) is 106 Å². The highest BCUT2D eigenvalue weighted by atomic mass is 16.5. The molecule has 0 saturated carbocycles. The Morgan fingerprint density at radius 3 is 2.71 bits per heavy atom. The van der Waals surface area contributed by atoms with Crippen molar-refractivity contribution in [1.29, 1.82) is 0 Å². The Kier molecular flexibility index (Phi) is 4.87. The van der Waals surface area contributed by atoms with Gasteiger partial charge in [-0.15, -0.1) is 9.73 Å². The molecule has 4 aromatic rings. The first kappa shape index (κ1) is 19.3. The van der Waals surface area contributed by atoms with Gasteiger partial charge in [-0.2, -0.15) is 5.10 Å². The second-order valence-corrected chi connectivity index (χ2v) is 7.57. The lowest BCUT2D eigenvalue weighted by atomic mass is 10.1. The normalized spacial score (nSPS) is 14.2. The first-order valence-corrected chi connectivity index (χ1v) is 10.2. The number of nitrogens with zero attached hydrogens (tertiary/aromatic N) is 6. The molecule has 1 aliphatic rings. The summed E-state index contributed by atoms with van der Waals surface area (Å²) in [6.45, 7) is 7.13. The van der Waals surface area contributed by atoms with Crippen LogP contribution in [0.15, 0.2) is 42.7 Å². The summed E-state index contributed by atoms with van der Waals surface area (Å²) >= 11 is 0. The summed E-state index contributed by atoms with van der Waals surface area (Å²) in [6, 6.07) is 9.76. The van der Waals surface area contributed by atoms with E-state index < -0.39 is 0 Å². The molecule has 0 aliphatic carbocycles. The van der Waals surface area contributed by atoms with Crippen LogP contribution in [0.4, 0.5) is 23.1 Å². The molecule has 0 spiro atoms. The summed E-state index contributed by atoms with van der Waals surface area (Å²) in [5.41, 5.74) is 12.4. The van der Waals surface area contributed by atoms with E-state index in [4.69, 9.17) is 15.5 Å². The highest BCUT2D eigenvalue weighted by Gasteiger charge is 2.16. The van der Waals surface area contributed by atoms with Crippen LogP contribution in [0.3, 0.4) is 0 Å². The van der Waals surface area contributed by atoms with Gasteiger partial charge < -0.3 is 20.7 Å². The zero-order valence-electron chi connectivity index (χ0n) is 17.5. The number of fused-ring (bicyclic) bond motifs is 1. The number of rotatable bonds is 4. The smallest absolute Gasteiger partial charge is 0.227 e. The zero-order chi connectivity index (χ0) is 21.4. The van der Waals surface area contributed by atoms with Crippen molar-refractivity contribution >= 4 is 28.7 Å². The molecule has 1 aliphatic heterocycles. The van der Waals surface area contributed by atoms with Crippen molar-refractivity contribution in [2.45, 2.75) is 13.8 Å². The lowest BCUT2D eigenvalue weighted by Crippen LogP contribution is -2.37. The number of nitrogens with two attached hydrogens (primary N) is 1. The van der Waals surface area contributed by atoms with Crippen molar-refractivity contribution in [3.63, 3.8) is 0 Å². The minimum atomic E-state index is 0.516. The number of anilines is 4. The molecule has 0 atom stereocenters. The van der Waals surface area contributed by atoms with E-state index in [0.717, 1.165) is 58.2 Å². The largest absolute Gasteiger partial charge is 0.399 e. The Hall–Kier alpha value is -3.72. The highest BCUT2D eigenvalue weighted by Crippen LogP contribution is 2.28. The van der Waals surface area contributed by atoms with Crippen molar-refractivity contribution in [2.75, 3.05) is 42.3 Å². The van der Waals surface area contributed by atoms with Crippen LogP contribution >= 0.6 is 0 Å². The first-order chi connectivity index (χ1) is 15.1. The van der Waals surface area contributed by atoms with Gasteiger partial charge in [-0.1, -0.05) is 0 Å². The molecule has 0 amide bonds. The highest BCUT2D eigenvalue weighted by molar-refractivity contribution is 5.78. The molecule has 5 rings (SSSR count). The maximum absolute atomic E-state index is 6.00. The minimum Gasteiger partial charge on any atom is -0.399 e. The van der Waals surface area contributed by atoms with Gasteiger partial charge in [0.2, 0.25) is 5.95 Å². The van der Waals surface area contributed by atoms with Gasteiger partial charge in [0, 0.05) is 36.2 Å². The SMILES string of the molecule is Cc1c(N)ccc(Nc2nccc(-c3cnn4nc(N5CCOCC5)ccc34)n2)c1C. The predicted molar refractivity (Wildman–Crippen MR) is 121 cm³/mol. The van der Waals surface area contributed by atoms with Crippen LogP contribution < -0.4 is 16.0 Å².